The number of carbonyl (C=O) groups excluding carboxylic acids is 2. The number of carbonyl (C=O) groups is 2. The molecule has 6 rings (SSSR count). The van der Waals surface area contributed by atoms with Crippen molar-refractivity contribution in [1.82, 2.24) is 15.5 Å². The average molecular weight is 483 g/mol. The Kier molecular flexibility index (Phi) is 5.95. The molecule has 2 fully saturated rings. The van der Waals surface area contributed by atoms with Crippen LogP contribution in [0.15, 0.2) is 65.2 Å². The minimum Gasteiger partial charge on any atom is -0.376 e. The van der Waals surface area contributed by atoms with E-state index in [1.54, 1.807) is 24.3 Å². The summed E-state index contributed by atoms with van der Waals surface area (Å²) in [6, 6.07) is 18.4. The smallest absolute Gasteiger partial charge is 0.259 e. The largest absolute Gasteiger partial charge is 0.376 e. The van der Waals surface area contributed by atoms with Crippen molar-refractivity contribution in [2.75, 3.05) is 18.5 Å². The standard InChI is InChI=1S/C28H26N4O4/c33-26(29-16-19-9-6-14-35-19)20-10-4-5-11-22(20)30-27(34)21-15-23(17-12-13-17)31-28-24(21)25(32-36-28)18-7-2-1-3-8-18/h1-5,7-8,10-11,15,17,19H,6,9,12-14,16H2,(H,29,33)(H,30,34). The highest BCUT2D eigenvalue weighted by atomic mass is 16.5. The van der Waals surface area contributed by atoms with Crippen LogP contribution in [0.3, 0.4) is 0 Å². The molecule has 1 saturated carbocycles. The second-order valence-corrected chi connectivity index (χ2v) is 9.29. The zero-order valence-corrected chi connectivity index (χ0v) is 19.7. The summed E-state index contributed by atoms with van der Waals surface area (Å²) in [5.41, 5.74) is 3.81. The van der Waals surface area contributed by atoms with E-state index in [0.29, 0.717) is 46.1 Å². The first-order valence-corrected chi connectivity index (χ1v) is 12.3. The van der Waals surface area contributed by atoms with E-state index in [0.717, 1.165) is 43.5 Å². The van der Waals surface area contributed by atoms with E-state index in [2.05, 4.69) is 20.8 Å². The van der Waals surface area contributed by atoms with Crippen molar-refractivity contribution in [2.24, 2.45) is 0 Å². The topological polar surface area (TPSA) is 106 Å². The van der Waals surface area contributed by atoms with E-state index in [-0.39, 0.29) is 17.9 Å². The summed E-state index contributed by atoms with van der Waals surface area (Å²) in [7, 11) is 0. The molecule has 2 aromatic heterocycles. The number of benzene rings is 2. The van der Waals surface area contributed by atoms with Crippen LogP contribution in [0.25, 0.3) is 22.4 Å². The number of hydrogen-bond donors (Lipinski definition) is 2. The van der Waals surface area contributed by atoms with Crippen LogP contribution in [0.2, 0.25) is 0 Å². The lowest BCUT2D eigenvalue weighted by Gasteiger charge is -2.14. The minimum absolute atomic E-state index is 0.0339. The van der Waals surface area contributed by atoms with Crippen molar-refractivity contribution >= 4 is 28.6 Å². The van der Waals surface area contributed by atoms with Crippen LogP contribution in [0, 0.1) is 0 Å². The Morgan fingerprint density at radius 3 is 2.53 bits per heavy atom. The number of rotatable bonds is 7. The number of para-hydroxylation sites is 1. The van der Waals surface area contributed by atoms with Gasteiger partial charge in [-0.25, -0.2) is 4.98 Å². The van der Waals surface area contributed by atoms with Crippen molar-refractivity contribution in [3.8, 4) is 11.3 Å². The van der Waals surface area contributed by atoms with Crippen LogP contribution in [0.5, 0.6) is 0 Å². The van der Waals surface area contributed by atoms with Crippen LogP contribution >= 0.6 is 0 Å². The number of hydrogen-bond acceptors (Lipinski definition) is 6. The maximum absolute atomic E-state index is 13.7. The Morgan fingerprint density at radius 1 is 0.944 bits per heavy atom. The molecule has 182 valence electrons. The molecule has 2 N–H and O–H groups in total. The Labute approximate surface area is 208 Å². The molecular weight excluding hydrogens is 456 g/mol. The van der Waals surface area contributed by atoms with Crippen molar-refractivity contribution in [3.05, 3.63) is 77.5 Å². The third-order valence-electron chi connectivity index (χ3n) is 6.69. The lowest BCUT2D eigenvalue weighted by Crippen LogP contribution is -2.32. The molecule has 1 aliphatic carbocycles. The summed E-state index contributed by atoms with van der Waals surface area (Å²) in [5, 5.41) is 10.7. The normalized spacial score (nSPS) is 17.3. The molecule has 0 radical (unpaired) electrons. The maximum atomic E-state index is 13.7. The number of aromatic nitrogens is 2. The fourth-order valence-electron chi connectivity index (χ4n) is 4.62. The van der Waals surface area contributed by atoms with Gasteiger partial charge in [-0.3, -0.25) is 9.59 Å². The van der Waals surface area contributed by atoms with Gasteiger partial charge in [0, 0.05) is 30.3 Å². The molecule has 1 aliphatic heterocycles. The van der Waals surface area contributed by atoms with Crippen LogP contribution in [0.4, 0.5) is 5.69 Å². The van der Waals surface area contributed by atoms with Gasteiger partial charge in [0.15, 0.2) is 0 Å². The van der Waals surface area contributed by atoms with Gasteiger partial charge in [0.05, 0.1) is 28.3 Å². The lowest BCUT2D eigenvalue weighted by molar-refractivity contribution is 0.0858. The predicted octanol–water partition coefficient (Wildman–Crippen LogP) is 4.93. The highest BCUT2D eigenvalue weighted by Gasteiger charge is 2.30. The summed E-state index contributed by atoms with van der Waals surface area (Å²) in [6.45, 7) is 1.17. The Hall–Kier alpha value is -4.04. The van der Waals surface area contributed by atoms with Gasteiger partial charge < -0.3 is 19.9 Å². The average Bonchev–Trinajstić information content (AvgIpc) is 3.46. The molecule has 0 bridgehead atoms. The van der Waals surface area contributed by atoms with Gasteiger partial charge in [-0.2, -0.15) is 0 Å². The summed E-state index contributed by atoms with van der Waals surface area (Å²) < 4.78 is 11.2. The van der Waals surface area contributed by atoms with Crippen LogP contribution < -0.4 is 10.6 Å². The molecule has 0 spiro atoms. The molecule has 2 aromatic carbocycles. The van der Waals surface area contributed by atoms with Gasteiger partial charge in [0.2, 0.25) is 0 Å². The molecule has 1 unspecified atom stereocenters. The Balaban J connectivity index is 1.33. The molecule has 1 atom stereocenters. The second-order valence-electron chi connectivity index (χ2n) is 9.29. The van der Waals surface area contributed by atoms with Crippen LogP contribution in [0.1, 0.15) is 58.0 Å². The van der Waals surface area contributed by atoms with E-state index in [9.17, 15) is 9.59 Å². The van der Waals surface area contributed by atoms with Gasteiger partial charge in [0.25, 0.3) is 17.5 Å². The number of fused-ring (bicyclic) bond motifs is 1. The quantitative estimate of drug-likeness (QED) is 0.387. The minimum atomic E-state index is -0.343. The number of amides is 2. The first-order chi connectivity index (χ1) is 17.7. The molecule has 36 heavy (non-hydrogen) atoms. The zero-order chi connectivity index (χ0) is 24.5. The molecule has 8 heteroatoms. The first-order valence-electron chi connectivity index (χ1n) is 12.3. The van der Waals surface area contributed by atoms with Gasteiger partial charge >= 0.3 is 0 Å². The summed E-state index contributed by atoms with van der Waals surface area (Å²) in [5.74, 6) is -0.277. The number of anilines is 1. The van der Waals surface area contributed by atoms with Crippen molar-refractivity contribution in [1.29, 1.82) is 0 Å². The van der Waals surface area contributed by atoms with E-state index in [1.807, 2.05) is 36.4 Å². The first kappa shape index (κ1) is 22.4. The van der Waals surface area contributed by atoms with Gasteiger partial charge in [-0.15, -0.1) is 0 Å². The van der Waals surface area contributed by atoms with Crippen molar-refractivity contribution in [2.45, 2.75) is 37.7 Å². The molecular formula is C28H26N4O4. The van der Waals surface area contributed by atoms with Gasteiger partial charge in [0.1, 0.15) is 5.69 Å². The lowest BCUT2D eigenvalue weighted by atomic mass is 10.0. The summed E-state index contributed by atoms with van der Waals surface area (Å²) in [4.78, 5) is 31.3. The summed E-state index contributed by atoms with van der Waals surface area (Å²) >= 11 is 0. The van der Waals surface area contributed by atoms with Crippen LogP contribution in [-0.4, -0.2) is 41.2 Å². The van der Waals surface area contributed by atoms with E-state index in [1.165, 1.54) is 0 Å². The van der Waals surface area contributed by atoms with Gasteiger partial charge in [-0.05, 0) is 43.9 Å². The van der Waals surface area contributed by atoms with E-state index in [4.69, 9.17) is 9.26 Å². The fourth-order valence-corrected chi connectivity index (χ4v) is 4.62. The number of ether oxygens (including phenoxy) is 1. The molecule has 4 aromatic rings. The third kappa shape index (κ3) is 4.47. The SMILES string of the molecule is O=C(NCC1CCCO1)c1ccccc1NC(=O)c1cc(C2CC2)nc2onc(-c3ccccc3)c12. The van der Waals surface area contributed by atoms with Crippen molar-refractivity contribution < 1.29 is 18.8 Å². The molecule has 1 saturated heterocycles. The molecule has 2 aliphatic rings. The fraction of sp³-hybridized carbons (Fsp3) is 0.286. The maximum Gasteiger partial charge on any atom is 0.259 e. The molecule has 8 nitrogen and oxygen atoms in total. The monoisotopic (exact) mass is 482 g/mol. The van der Waals surface area contributed by atoms with E-state index >= 15 is 0 Å². The highest BCUT2D eigenvalue weighted by molar-refractivity contribution is 6.16. The zero-order valence-electron chi connectivity index (χ0n) is 19.7. The molecule has 2 amide bonds. The van der Waals surface area contributed by atoms with Crippen LogP contribution in [-0.2, 0) is 4.74 Å². The van der Waals surface area contributed by atoms with Gasteiger partial charge in [-0.1, -0.05) is 47.6 Å². The van der Waals surface area contributed by atoms with E-state index < -0.39 is 0 Å². The Morgan fingerprint density at radius 2 is 1.75 bits per heavy atom. The second kappa shape index (κ2) is 9.54. The summed E-state index contributed by atoms with van der Waals surface area (Å²) in [6.07, 6.45) is 4.04. The van der Waals surface area contributed by atoms with Crippen molar-refractivity contribution in [3.63, 3.8) is 0 Å². The predicted molar refractivity (Wildman–Crippen MR) is 135 cm³/mol. The number of nitrogens with zero attached hydrogens (tertiary/aromatic N) is 2. The third-order valence-corrected chi connectivity index (χ3v) is 6.69. The number of pyridine rings is 1. The highest BCUT2D eigenvalue weighted by Crippen LogP contribution is 2.41. The Bertz CT molecular complexity index is 1420. The molecule has 3 heterocycles. The number of nitrogens with one attached hydrogen (secondary N) is 2.